The highest BCUT2D eigenvalue weighted by atomic mass is 32.2. The number of nitrogens with one attached hydrogen (secondary N) is 1. The molecule has 0 bridgehead atoms. The van der Waals surface area contributed by atoms with E-state index in [1.165, 1.54) is 47.0 Å². The van der Waals surface area contributed by atoms with E-state index in [-0.39, 0.29) is 42.4 Å². The molecule has 9 nitrogen and oxygen atoms in total. The molecule has 33 heavy (non-hydrogen) atoms. The Hall–Kier alpha value is -2.57. The molecule has 2 fully saturated rings. The van der Waals surface area contributed by atoms with Crippen molar-refractivity contribution in [3.05, 3.63) is 62.3 Å². The third-order valence-corrected chi connectivity index (χ3v) is 9.37. The molecule has 2 amide bonds. The normalized spacial score (nSPS) is 23.9. The molecule has 2 aromatic rings. The first-order valence-electron chi connectivity index (χ1n) is 10.0. The van der Waals surface area contributed by atoms with Gasteiger partial charge in [0, 0.05) is 29.3 Å². The Morgan fingerprint density at radius 3 is 2.73 bits per heavy atom. The van der Waals surface area contributed by atoms with Crippen LogP contribution in [0, 0.1) is 10.1 Å². The predicted octanol–water partition coefficient (Wildman–Crippen LogP) is 2.44. The van der Waals surface area contributed by atoms with E-state index in [4.69, 9.17) is 4.74 Å². The number of amides is 2. The first kappa shape index (κ1) is 23.6. The molecule has 4 rings (SSSR count). The second-order valence-corrected chi connectivity index (χ2v) is 11.0. The van der Waals surface area contributed by atoms with Gasteiger partial charge in [-0.2, -0.15) is 0 Å². The highest BCUT2D eigenvalue weighted by Gasteiger charge is 2.57. The summed E-state index contributed by atoms with van der Waals surface area (Å²) in [6, 6.07) is 8.99. The Balaban J connectivity index is 1.33. The van der Waals surface area contributed by atoms with E-state index in [9.17, 15) is 24.5 Å². The van der Waals surface area contributed by atoms with Gasteiger partial charge in [-0.3, -0.25) is 24.5 Å². The van der Waals surface area contributed by atoms with Crippen molar-refractivity contribution in [3.8, 4) is 0 Å². The number of thiophene rings is 1. The summed E-state index contributed by atoms with van der Waals surface area (Å²) in [5, 5.41) is 15.3. The number of benzene rings is 1. The van der Waals surface area contributed by atoms with Crippen molar-refractivity contribution < 1.29 is 24.0 Å². The van der Waals surface area contributed by atoms with E-state index >= 15 is 0 Å². The zero-order chi connectivity index (χ0) is 23.6. The lowest BCUT2D eigenvalue weighted by molar-refractivity contribution is -0.384. The molecule has 3 heterocycles. The minimum Gasteiger partial charge on any atom is -0.460 e. The summed E-state index contributed by atoms with van der Waals surface area (Å²) in [6.07, 6.45) is 2.04. The zero-order valence-electron chi connectivity index (χ0n) is 17.6. The van der Waals surface area contributed by atoms with Crippen molar-refractivity contribution in [1.82, 2.24) is 10.2 Å². The van der Waals surface area contributed by atoms with Crippen LogP contribution in [-0.4, -0.2) is 62.3 Å². The lowest BCUT2D eigenvalue weighted by Crippen LogP contribution is -2.74. The quantitative estimate of drug-likeness (QED) is 0.251. The van der Waals surface area contributed by atoms with Crippen LogP contribution in [0.2, 0.25) is 0 Å². The number of esters is 1. The molecular weight excluding hydrogens is 486 g/mol. The molecule has 0 aliphatic carbocycles. The maximum atomic E-state index is 12.9. The highest BCUT2D eigenvalue weighted by molar-refractivity contribution is 8.04. The number of nitro groups is 1. The Bertz CT molecular complexity index is 1060. The van der Waals surface area contributed by atoms with Crippen LogP contribution in [0.4, 0.5) is 5.69 Å². The highest BCUT2D eigenvalue weighted by Crippen LogP contribution is 2.43. The van der Waals surface area contributed by atoms with Gasteiger partial charge >= 0.3 is 5.97 Å². The van der Waals surface area contributed by atoms with Crippen molar-refractivity contribution in [2.24, 2.45) is 0 Å². The van der Waals surface area contributed by atoms with Gasteiger partial charge in [0.2, 0.25) is 11.8 Å². The van der Waals surface area contributed by atoms with Gasteiger partial charge in [0.05, 0.1) is 11.3 Å². The van der Waals surface area contributed by atoms with Crippen LogP contribution in [0.1, 0.15) is 10.4 Å². The Labute approximate surface area is 202 Å². The fraction of sp³-hybridized carbons (Fsp3) is 0.381. The van der Waals surface area contributed by atoms with E-state index < -0.39 is 21.7 Å². The van der Waals surface area contributed by atoms with Crippen LogP contribution >= 0.6 is 34.9 Å². The van der Waals surface area contributed by atoms with Gasteiger partial charge in [-0.15, -0.1) is 34.9 Å². The number of thioether (sulfide) groups is 2. The summed E-state index contributed by atoms with van der Waals surface area (Å²) in [5.74, 6) is -0.384. The van der Waals surface area contributed by atoms with Crippen LogP contribution in [-0.2, 0) is 32.1 Å². The number of carbonyl (C=O) groups excluding carboxylic acids is 3. The maximum absolute atomic E-state index is 12.9. The third-order valence-electron chi connectivity index (χ3n) is 5.57. The van der Waals surface area contributed by atoms with Crippen LogP contribution in [0.5, 0.6) is 0 Å². The number of nitrogens with zero attached hydrogens (tertiary/aromatic N) is 2. The molecule has 1 aromatic heterocycles. The summed E-state index contributed by atoms with van der Waals surface area (Å²) in [7, 11) is 0. The molecule has 1 aromatic carbocycles. The average molecular weight is 508 g/mol. The Morgan fingerprint density at radius 1 is 1.33 bits per heavy atom. The lowest BCUT2D eigenvalue weighted by Gasteiger charge is -2.53. The summed E-state index contributed by atoms with van der Waals surface area (Å²) < 4.78 is 4.59. The largest absolute Gasteiger partial charge is 0.460 e. The Kier molecular flexibility index (Phi) is 6.96. The summed E-state index contributed by atoms with van der Waals surface area (Å²) in [6.45, 7) is 0.198. The number of β-lactam (4-membered cyclic amide) rings is 1. The lowest BCUT2D eigenvalue weighted by atomic mass is 10.0. The zero-order valence-corrected chi connectivity index (χ0v) is 20.0. The first-order chi connectivity index (χ1) is 15.8. The molecule has 1 N–H and O–H groups in total. The number of rotatable bonds is 8. The monoisotopic (exact) mass is 507 g/mol. The van der Waals surface area contributed by atoms with Crippen LogP contribution in [0.25, 0.3) is 0 Å². The number of ether oxygens (including phenoxy) is 1. The number of fused-ring (bicyclic) bond motifs is 1. The molecule has 0 radical (unpaired) electrons. The molecule has 2 aliphatic rings. The first-order valence-corrected chi connectivity index (χ1v) is 13.2. The molecule has 2 saturated heterocycles. The smallest absolute Gasteiger partial charge is 0.325 e. The number of nitro benzene ring substituents is 1. The van der Waals surface area contributed by atoms with Gasteiger partial charge in [-0.1, -0.05) is 6.07 Å². The van der Waals surface area contributed by atoms with E-state index in [0.29, 0.717) is 11.3 Å². The fourth-order valence-corrected chi connectivity index (χ4v) is 6.93. The number of carbonyl (C=O) groups is 3. The number of hydrogen-bond donors (Lipinski definition) is 1. The minimum absolute atomic E-state index is 0.0113. The minimum atomic E-state index is -0.913. The maximum Gasteiger partial charge on any atom is 0.325 e. The molecule has 12 heteroatoms. The molecule has 174 valence electrons. The second kappa shape index (κ2) is 9.74. The van der Waals surface area contributed by atoms with Crippen molar-refractivity contribution in [3.63, 3.8) is 0 Å². The van der Waals surface area contributed by atoms with E-state index in [1.54, 1.807) is 23.3 Å². The Morgan fingerprint density at radius 2 is 2.09 bits per heavy atom. The van der Waals surface area contributed by atoms with Crippen molar-refractivity contribution >= 4 is 58.3 Å². The third kappa shape index (κ3) is 4.87. The molecular formula is C21H21N3O6S3. The van der Waals surface area contributed by atoms with Gasteiger partial charge in [0.1, 0.15) is 22.8 Å². The van der Waals surface area contributed by atoms with Crippen LogP contribution in [0.3, 0.4) is 0 Å². The van der Waals surface area contributed by atoms with Gasteiger partial charge in [0.25, 0.3) is 5.69 Å². The standard InChI is InChI=1S/C21H21N3O6S3/c1-31-21(20(27)30-10-13-4-6-14(7-5-13)24(28)29)11-23-18(26)17(19(23)33-12-21)22-16(25)9-15-3-2-8-32-15/h2-8,17,19H,9-12H2,1H3,(H,22,25)/t17?,19-,21?/m1/s1. The van der Waals surface area contributed by atoms with Gasteiger partial charge in [-0.25, -0.2) is 0 Å². The van der Waals surface area contributed by atoms with E-state index in [0.717, 1.165) is 4.88 Å². The second-order valence-electron chi connectivity index (χ2n) is 7.67. The number of hydrogen-bond acceptors (Lipinski definition) is 9. The average Bonchev–Trinajstić information content (AvgIpc) is 3.33. The predicted molar refractivity (Wildman–Crippen MR) is 127 cm³/mol. The van der Waals surface area contributed by atoms with Gasteiger partial charge < -0.3 is 15.0 Å². The summed E-state index contributed by atoms with van der Waals surface area (Å²) in [4.78, 5) is 50.8. The fourth-order valence-electron chi connectivity index (χ4n) is 3.67. The van der Waals surface area contributed by atoms with Gasteiger partial charge in [0.15, 0.2) is 0 Å². The van der Waals surface area contributed by atoms with Crippen LogP contribution < -0.4 is 5.32 Å². The van der Waals surface area contributed by atoms with E-state index in [2.05, 4.69) is 5.32 Å². The van der Waals surface area contributed by atoms with Gasteiger partial charge in [-0.05, 0) is 35.4 Å². The van der Waals surface area contributed by atoms with Crippen molar-refractivity contribution in [1.29, 1.82) is 0 Å². The molecule has 0 spiro atoms. The van der Waals surface area contributed by atoms with E-state index in [1.807, 2.05) is 17.5 Å². The molecule has 0 saturated carbocycles. The van der Waals surface area contributed by atoms with Crippen molar-refractivity contribution in [2.75, 3.05) is 18.6 Å². The summed E-state index contributed by atoms with van der Waals surface area (Å²) >= 11 is 4.29. The molecule has 2 unspecified atom stereocenters. The summed E-state index contributed by atoms with van der Waals surface area (Å²) in [5.41, 5.74) is 0.605. The topological polar surface area (TPSA) is 119 Å². The molecule has 2 aliphatic heterocycles. The molecule has 3 atom stereocenters. The van der Waals surface area contributed by atoms with Crippen molar-refractivity contribution in [2.45, 2.75) is 29.2 Å². The SMILES string of the molecule is CSC1(C(=O)OCc2ccc([N+](=O)[O-])cc2)CS[C@@H]2C(NC(=O)Cc3cccs3)C(=O)N2C1. The van der Waals surface area contributed by atoms with Crippen LogP contribution in [0.15, 0.2) is 41.8 Å². The number of non-ortho nitro benzene ring substituents is 1.